The minimum atomic E-state index is 0.170. The van der Waals surface area contributed by atoms with Gasteiger partial charge in [-0.05, 0) is 37.2 Å². The van der Waals surface area contributed by atoms with Gasteiger partial charge >= 0.3 is 0 Å². The molecular weight excluding hydrogens is 230 g/mol. The van der Waals surface area contributed by atoms with Crippen LogP contribution in [0.4, 0.5) is 0 Å². The number of rotatable bonds is 5. The second kappa shape index (κ2) is 6.56. The van der Waals surface area contributed by atoms with Crippen LogP contribution in [0.3, 0.4) is 0 Å². The minimum Gasteiger partial charge on any atom is -0.327 e. The first-order valence-corrected chi connectivity index (χ1v) is 8.05. The smallest absolute Gasteiger partial charge is 0.0165 e. The Hall–Kier alpha value is -0.820. The zero-order valence-electron chi connectivity index (χ0n) is 12.6. The zero-order chi connectivity index (χ0) is 13.7. The van der Waals surface area contributed by atoms with E-state index in [1.165, 1.54) is 37.7 Å². The van der Waals surface area contributed by atoms with Gasteiger partial charge in [-0.1, -0.05) is 63.4 Å². The number of benzene rings is 1. The lowest BCUT2D eigenvalue weighted by molar-refractivity contribution is 0.199. The van der Waals surface area contributed by atoms with Crippen molar-refractivity contribution in [3.05, 3.63) is 35.9 Å². The van der Waals surface area contributed by atoms with Crippen molar-refractivity contribution in [1.82, 2.24) is 0 Å². The molecule has 0 bridgehead atoms. The Morgan fingerprint density at radius 3 is 2.16 bits per heavy atom. The molecule has 0 amide bonds. The Balaban J connectivity index is 2.27. The van der Waals surface area contributed by atoms with Crippen molar-refractivity contribution in [2.24, 2.45) is 11.7 Å². The first kappa shape index (κ1) is 14.6. The van der Waals surface area contributed by atoms with E-state index < -0.39 is 0 Å². The van der Waals surface area contributed by atoms with E-state index in [0.717, 1.165) is 12.8 Å². The SMILES string of the molecule is CCC(CC)(c1ccccc1)C(N)C1CCCCC1. The maximum absolute atomic E-state index is 6.78. The Morgan fingerprint density at radius 2 is 1.63 bits per heavy atom. The van der Waals surface area contributed by atoms with Gasteiger partial charge in [-0.3, -0.25) is 0 Å². The molecular formula is C18H29N. The zero-order valence-corrected chi connectivity index (χ0v) is 12.6. The van der Waals surface area contributed by atoms with Crippen LogP contribution >= 0.6 is 0 Å². The molecule has 1 nitrogen and oxygen atoms in total. The molecule has 0 radical (unpaired) electrons. The van der Waals surface area contributed by atoms with Crippen molar-refractivity contribution in [2.75, 3.05) is 0 Å². The molecule has 1 heteroatoms. The molecule has 1 aromatic rings. The quantitative estimate of drug-likeness (QED) is 0.818. The van der Waals surface area contributed by atoms with Crippen molar-refractivity contribution in [3.63, 3.8) is 0 Å². The van der Waals surface area contributed by atoms with E-state index in [-0.39, 0.29) is 5.41 Å². The maximum atomic E-state index is 6.78. The first-order valence-electron chi connectivity index (χ1n) is 8.05. The summed E-state index contributed by atoms with van der Waals surface area (Å²) in [6.45, 7) is 4.61. The van der Waals surface area contributed by atoms with Crippen molar-refractivity contribution in [3.8, 4) is 0 Å². The number of hydrogen-bond donors (Lipinski definition) is 1. The van der Waals surface area contributed by atoms with E-state index in [1.807, 2.05) is 0 Å². The molecule has 1 unspecified atom stereocenters. The van der Waals surface area contributed by atoms with E-state index in [0.29, 0.717) is 12.0 Å². The van der Waals surface area contributed by atoms with E-state index in [4.69, 9.17) is 5.73 Å². The summed E-state index contributed by atoms with van der Waals surface area (Å²) in [5.41, 5.74) is 8.39. The highest BCUT2D eigenvalue weighted by atomic mass is 14.7. The normalized spacial score (nSPS) is 19.3. The minimum absolute atomic E-state index is 0.170. The summed E-state index contributed by atoms with van der Waals surface area (Å²) >= 11 is 0. The Bertz CT molecular complexity index is 361. The maximum Gasteiger partial charge on any atom is 0.0165 e. The average Bonchev–Trinajstić information content (AvgIpc) is 2.51. The topological polar surface area (TPSA) is 26.0 Å². The highest BCUT2D eigenvalue weighted by Gasteiger charge is 2.39. The Kier molecular flexibility index (Phi) is 5.04. The largest absolute Gasteiger partial charge is 0.327 e. The molecule has 1 fully saturated rings. The van der Waals surface area contributed by atoms with Gasteiger partial charge < -0.3 is 5.73 Å². The molecule has 106 valence electrons. The molecule has 2 N–H and O–H groups in total. The van der Waals surface area contributed by atoms with Crippen molar-refractivity contribution in [2.45, 2.75) is 70.3 Å². The van der Waals surface area contributed by atoms with Crippen LogP contribution in [0, 0.1) is 5.92 Å². The lowest BCUT2D eigenvalue weighted by atomic mass is 9.64. The van der Waals surface area contributed by atoms with Gasteiger partial charge in [0.2, 0.25) is 0 Å². The highest BCUT2D eigenvalue weighted by Crippen LogP contribution is 2.40. The molecule has 1 saturated carbocycles. The summed E-state index contributed by atoms with van der Waals surface area (Å²) in [4.78, 5) is 0. The third-order valence-corrected chi connectivity index (χ3v) is 5.41. The van der Waals surface area contributed by atoms with Crippen LogP contribution in [0.25, 0.3) is 0 Å². The summed E-state index contributed by atoms with van der Waals surface area (Å²) in [6, 6.07) is 11.3. The predicted molar refractivity (Wildman–Crippen MR) is 83.3 cm³/mol. The van der Waals surface area contributed by atoms with Crippen LogP contribution in [0.15, 0.2) is 30.3 Å². The first-order chi connectivity index (χ1) is 9.24. The molecule has 2 rings (SSSR count). The molecule has 0 aromatic heterocycles. The highest BCUT2D eigenvalue weighted by molar-refractivity contribution is 5.28. The summed E-state index contributed by atoms with van der Waals surface area (Å²) in [7, 11) is 0. The monoisotopic (exact) mass is 259 g/mol. The molecule has 0 heterocycles. The third kappa shape index (κ3) is 2.86. The van der Waals surface area contributed by atoms with Crippen LogP contribution in [0.2, 0.25) is 0 Å². The number of nitrogens with two attached hydrogens (primary N) is 1. The lowest BCUT2D eigenvalue weighted by Crippen LogP contribution is -2.50. The van der Waals surface area contributed by atoms with Gasteiger partial charge in [0.05, 0.1) is 0 Å². The van der Waals surface area contributed by atoms with E-state index in [9.17, 15) is 0 Å². The van der Waals surface area contributed by atoms with Crippen LogP contribution in [0.1, 0.15) is 64.4 Å². The van der Waals surface area contributed by atoms with Gasteiger partial charge in [0.25, 0.3) is 0 Å². The van der Waals surface area contributed by atoms with Gasteiger partial charge in [-0.2, -0.15) is 0 Å². The summed E-state index contributed by atoms with van der Waals surface area (Å²) in [6.07, 6.45) is 9.09. The third-order valence-electron chi connectivity index (χ3n) is 5.41. The molecule has 1 aliphatic carbocycles. The Labute approximate surface area is 118 Å². The van der Waals surface area contributed by atoms with Gasteiger partial charge in [0, 0.05) is 11.5 Å². The summed E-state index contributed by atoms with van der Waals surface area (Å²) < 4.78 is 0. The molecule has 0 spiro atoms. The van der Waals surface area contributed by atoms with Crippen LogP contribution in [-0.2, 0) is 5.41 Å². The Morgan fingerprint density at radius 1 is 1.05 bits per heavy atom. The van der Waals surface area contributed by atoms with E-state index in [1.54, 1.807) is 0 Å². The summed E-state index contributed by atoms with van der Waals surface area (Å²) in [5, 5.41) is 0. The van der Waals surface area contributed by atoms with Gasteiger partial charge in [0.1, 0.15) is 0 Å². The van der Waals surface area contributed by atoms with Crippen molar-refractivity contribution < 1.29 is 0 Å². The fraction of sp³-hybridized carbons (Fsp3) is 0.667. The van der Waals surface area contributed by atoms with Crippen molar-refractivity contribution in [1.29, 1.82) is 0 Å². The molecule has 1 atom stereocenters. The van der Waals surface area contributed by atoms with Gasteiger partial charge in [-0.15, -0.1) is 0 Å². The van der Waals surface area contributed by atoms with Crippen LogP contribution < -0.4 is 5.73 Å². The molecule has 0 saturated heterocycles. The number of hydrogen-bond acceptors (Lipinski definition) is 1. The van der Waals surface area contributed by atoms with Crippen molar-refractivity contribution >= 4 is 0 Å². The standard InChI is InChI=1S/C18H29N/c1-3-18(4-2,16-13-9-6-10-14-16)17(19)15-11-7-5-8-12-15/h6,9-10,13-15,17H,3-5,7-8,11-12,19H2,1-2H3. The van der Waals surface area contributed by atoms with Crippen LogP contribution in [-0.4, -0.2) is 6.04 Å². The molecule has 1 aliphatic rings. The predicted octanol–water partition coefficient (Wildman–Crippen LogP) is 4.65. The fourth-order valence-electron chi connectivity index (χ4n) is 4.04. The fourth-order valence-corrected chi connectivity index (χ4v) is 4.04. The average molecular weight is 259 g/mol. The molecule has 1 aromatic carbocycles. The van der Waals surface area contributed by atoms with Gasteiger partial charge in [0.15, 0.2) is 0 Å². The van der Waals surface area contributed by atoms with E-state index >= 15 is 0 Å². The molecule has 19 heavy (non-hydrogen) atoms. The molecule has 0 aliphatic heterocycles. The second-order valence-corrected chi connectivity index (χ2v) is 6.15. The lowest BCUT2D eigenvalue weighted by Gasteiger charge is -2.43. The van der Waals surface area contributed by atoms with Crippen LogP contribution in [0.5, 0.6) is 0 Å². The van der Waals surface area contributed by atoms with Gasteiger partial charge in [-0.25, -0.2) is 0 Å². The van der Waals surface area contributed by atoms with E-state index in [2.05, 4.69) is 44.2 Å². The second-order valence-electron chi connectivity index (χ2n) is 6.15. The summed E-state index contributed by atoms with van der Waals surface area (Å²) in [5.74, 6) is 0.717.